The molecule has 0 unspecified atom stereocenters. The molecule has 0 bridgehead atoms. The third-order valence-electron chi connectivity index (χ3n) is 3.60. The minimum absolute atomic E-state index is 0.231. The van der Waals surface area contributed by atoms with Crippen molar-refractivity contribution in [3.8, 4) is 0 Å². The van der Waals surface area contributed by atoms with Crippen LogP contribution in [-0.2, 0) is 11.3 Å². The zero-order chi connectivity index (χ0) is 17.1. The Hall–Kier alpha value is -2.77. The van der Waals surface area contributed by atoms with Crippen molar-refractivity contribution < 1.29 is 18.7 Å². The fourth-order valence-electron chi connectivity index (χ4n) is 2.22. The number of carbonyl (C=O) groups is 1. The molecule has 1 aliphatic carbocycles. The van der Waals surface area contributed by atoms with E-state index in [4.69, 9.17) is 5.11 Å². The quantitative estimate of drug-likeness (QED) is 0.722. The number of carboxylic acids is 1. The van der Waals surface area contributed by atoms with E-state index in [2.05, 4.69) is 20.6 Å². The summed E-state index contributed by atoms with van der Waals surface area (Å²) in [6.07, 6.45) is 2.08. The molecule has 0 saturated heterocycles. The largest absolute Gasteiger partial charge is 0.480 e. The summed E-state index contributed by atoms with van der Waals surface area (Å²) in [5, 5.41) is 14.4. The van der Waals surface area contributed by atoms with Crippen molar-refractivity contribution in [2.24, 2.45) is 0 Å². The average Bonchev–Trinajstić information content (AvgIpc) is 3.39. The molecule has 1 aliphatic rings. The van der Waals surface area contributed by atoms with E-state index < -0.39 is 17.6 Å². The van der Waals surface area contributed by atoms with Gasteiger partial charge in [-0.2, -0.15) is 4.98 Å². The maximum absolute atomic E-state index is 13.2. The summed E-state index contributed by atoms with van der Waals surface area (Å²) in [6.45, 7) is -0.0204. The van der Waals surface area contributed by atoms with Crippen molar-refractivity contribution in [3.63, 3.8) is 0 Å². The molecule has 1 fully saturated rings. The van der Waals surface area contributed by atoms with E-state index in [0.29, 0.717) is 17.3 Å². The Kier molecular flexibility index (Phi) is 4.54. The number of aliphatic carboxylic acids is 1. The predicted octanol–water partition coefficient (Wildman–Crippen LogP) is 2.74. The van der Waals surface area contributed by atoms with Gasteiger partial charge in [-0.3, -0.25) is 4.79 Å². The third kappa shape index (κ3) is 4.15. The molecule has 0 radical (unpaired) electrons. The number of hydrogen-bond donors (Lipinski definition) is 3. The minimum Gasteiger partial charge on any atom is -0.480 e. The summed E-state index contributed by atoms with van der Waals surface area (Å²) in [5.41, 5.74) is 1.41. The second-order valence-electron chi connectivity index (χ2n) is 5.63. The first-order chi connectivity index (χ1) is 11.5. The maximum Gasteiger partial charge on any atom is 0.322 e. The van der Waals surface area contributed by atoms with Crippen LogP contribution < -0.4 is 10.6 Å². The zero-order valence-corrected chi connectivity index (χ0v) is 12.7. The van der Waals surface area contributed by atoms with E-state index >= 15 is 0 Å². The summed E-state index contributed by atoms with van der Waals surface area (Å²) in [7, 11) is 0. The Balaban J connectivity index is 1.73. The SMILES string of the molecule is O=C(O)CNc1nc(NCc2ccc(F)c(F)c2)cc(C2CC2)n1. The number of nitrogens with zero attached hydrogens (tertiary/aromatic N) is 2. The third-order valence-corrected chi connectivity index (χ3v) is 3.60. The van der Waals surface area contributed by atoms with Crippen molar-refractivity contribution >= 4 is 17.7 Å². The normalized spacial score (nSPS) is 13.6. The van der Waals surface area contributed by atoms with E-state index in [1.165, 1.54) is 6.07 Å². The summed E-state index contributed by atoms with van der Waals surface area (Å²) in [4.78, 5) is 19.2. The number of hydrogen-bond acceptors (Lipinski definition) is 5. The van der Waals surface area contributed by atoms with E-state index in [-0.39, 0.29) is 19.0 Å². The van der Waals surface area contributed by atoms with E-state index in [1.807, 2.05) is 0 Å². The van der Waals surface area contributed by atoms with Crippen LogP contribution in [0.5, 0.6) is 0 Å². The van der Waals surface area contributed by atoms with Gasteiger partial charge in [0, 0.05) is 18.5 Å². The van der Waals surface area contributed by atoms with Crippen LogP contribution in [0.3, 0.4) is 0 Å². The van der Waals surface area contributed by atoms with Gasteiger partial charge >= 0.3 is 5.97 Å². The molecular formula is C16H16F2N4O2. The minimum atomic E-state index is -1.01. The molecule has 0 spiro atoms. The lowest BCUT2D eigenvalue weighted by atomic mass is 10.2. The Morgan fingerprint density at radius 2 is 1.96 bits per heavy atom. The van der Waals surface area contributed by atoms with Crippen LogP contribution in [0.4, 0.5) is 20.5 Å². The van der Waals surface area contributed by atoms with Gasteiger partial charge in [0.25, 0.3) is 0 Å². The lowest BCUT2D eigenvalue weighted by Crippen LogP contribution is -2.15. The van der Waals surface area contributed by atoms with Crippen LogP contribution in [0.15, 0.2) is 24.3 Å². The van der Waals surface area contributed by atoms with E-state index in [1.54, 1.807) is 6.07 Å². The highest BCUT2D eigenvalue weighted by atomic mass is 19.2. The van der Waals surface area contributed by atoms with Gasteiger partial charge < -0.3 is 15.7 Å². The standard InChI is InChI=1S/C16H16F2N4O2/c17-11-4-1-9(5-12(11)18)7-19-14-6-13(10-2-3-10)21-16(22-14)20-8-15(23)24/h1,4-6,10H,2-3,7-8H2,(H,23,24)(H2,19,20,21,22). The lowest BCUT2D eigenvalue weighted by molar-refractivity contribution is -0.134. The molecular weight excluding hydrogens is 318 g/mol. The van der Waals surface area contributed by atoms with Gasteiger partial charge in [-0.25, -0.2) is 13.8 Å². The van der Waals surface area contributed by atoms with Gasteiger partial charge in [0.05, 0.1) is 5.69 Å². The topological polar surface area (TPSA) is 87.1 Å². The van der Waals surface area contributed by atoms with Crippen LogP contribution in [0.2, 0.25) is 0 Å². The number of aromatic nitrogens is 2. The van der Waals surface area contributed by atoms with Crippen LogP contribution in [0, 0.1) is 11.6 Å². The Morgan fingerprint density at radius 3 is 2.62 bits per heavy atom. The van der Waals surface area contributed by atoms with Crippen LogP contribution in [-0.4, -0.2) is 27.6 Å². The van der Waals surface area contributed by atoms with Gasteiger partial charge in [0.15, 0.2) is 11.6 Å². The first kappa shape index (κ1) is 16.1. The highest BCUT2D eigenvalue weighted by Gasteiger charge is 2.26. The second-order valence-corrected chi connectivity index (χ2v) is 5.63. The van der Waals surface area contributed by atoms with Crippen LogP contribution >= 0.6 is 0 Å². The van der Waals surface area contributed by atoms with Gasteiger partial charge in [-0.15, -0.1) is 0 Å². The number of rotatable bonds is 7. The number of anilines is 2. The summed E-state index contributed by atoms with van der Waals surface area (Å²) >= 11 is 0. The summed E-state index contributed by atoms with van der Waals surface area (Å²) in [5.74, 6) is -1.70. The molecule has 1 aromatic carbocycles. The molecule has 3 rings (SSSR count). The molecule has 126 valence electrons. The monoisotopic (exact) mass is 334 g/mol. The Labute approximate surface area is 136 Å². The lowest BCUT2D eigenvalue weighted by Gasteiger charge is -2.10. The second kappa shape index (κ2) is 6.77. The highest BCUT2D eigenvalue weighted by molar-refractivity contribution is 5.72. The van der Waals surface area contributed by atoms with Crippen molar-refractivity contribution in [2.75, 3.05) is 17.2 Å². The molecule has 0 atom stereocenters. The van der Waals surface area contributed by atoms with Crippen molar-refractivity contribution in [1.29, 1.82) is 0 Å². The summed E-state index contributed by atoms with van der Waals surface area (Å²) in [6, 6.07) is 5.47. The van der Waals surface area contributed by atoms with Crippen LogP contribution in [0.1, 0.15) is 30.0 Å². The Morgan fingerprint density at radius 1 is 1.17 bits per heavy atom. The van der Waals surface area contributed by atoms with Gasteiger partial charge in [-0.1, -0.05) is 6.07 Å². The van der Waals surface area contributed by atoms with Gasteiger partial charge in [0.2, 0.25) is 5.95 Å². The number of carboxylic acid groups (broad SMARTS) is 1. The molecule has 2 aromatic rings. The van der Waals surface area contributed by atoms with Gasteiger partial charge in [-0.05, 0) is 30.5 Å². The smallest absolute Gasteiger partial charge is 0.322 e. The Bertz CT molecular complexity index is 766. The highest BCUT2D eigenvalue weighted by Crippen LogP contribution is 2.39. The molecule has 1 aromatic heterocycles. The zero-order valence-electron chi connectivity index (χ0n) is 12.7. The van der Waals surface area contributed by atoms with Crippen molar-refractivity contribution in [1.82, 2.24) is 9.97 Å². The van der Waals surface area contributed by atoms with E-state index in [0.717, 1.165) is 30.7 Å². The molecule has 0 aliphatic heterocycles. The average molecular weight is 334 g/mol. The molecule has 3 N–H and O–H groups in total. The molecule has 0 amide bonds. The van der Waals surface area contributed by atoms with Crippen LogP contribution in [0.25, 0.3) is 0 Å². The maximum atomic E-state index is 13.2. The molecule has 1 heterocycles. The first-order valence-corrected chi connectivity index (χ1v) is 7.53. The molecule has 24 heavy (non-hydrogen) atoms. The van der Waals surface area contributed by atoms with E-state index in [9.17, 15) is 13.6 Å². The first-order valence-electron chi connectivity index (χ1n) is 7.53. The van der Waals surface area contributed by atoms with Crippen molar-refractivity contribution in [2.45, 2.75) is 25.3 Å². The van der Waals surface area contributed by atoms with Gasteiger partial charge in [0.1, 0.15) is 12.4 Å². The van der Waals surface area contributed by atoms with Crippen molar-refractivity contribution in [3.05, 3.63) is 47.2 Å². The molecule has 6 nitrogen and oxygen atoms in total. The summed E-state index contributed by atoms with van der Waals surface area (Å²) < 4.78 is 26.2. The molecule has 8 heteroatoms. The fourth-order valence-corrected chi connectivity index (χ4v) is 2.22. The fraction of sp³-hybridized carbons (Fsp3) is 0.312. The number of nitrogens with one attached hydrogen (secondary N) is 2. The number of benzene rings is 1. The molecule has 1 saturated carbocycles. The predicted molar refractivity (Wildman–Crippen MR) is 83.8 cm³/mol. The number of halogens is 2.